The molecule has 0 spiro atoms. The average molecular weight is 496 g/mol. The first kappa shape index (κ1) is 25.1. The van der Waals surface area contributed by atoms with Crippen molar-refractivity contribution in [1.82, 2.24) is 5.32 Å². The van der Waals surface area contributed by atoms with Crippen molar-refractivity contribution in [3.63, 3.8) is 0 Å². The molecule has 0 atom stereocenters. The number of nitrogens with zero attached hydrogens (tertiary/aromatic N) is 2. The number of anilines is 2. The van der Waals surface area contributed by atoms with E-state index in [1.165, 1.54) is 44.0 Å². The highest BCUT2D eigenvalue weighted by Gasteiger charge is 2.51. The predicted molar refractivity (Wildman–Crippen MR) is 122 cm³/mol. The van der Waals surface area contributed by atoms with Gasteiger partial charge in [0.15, 0.2) is 5.11 Å². The van der Waals surface area contributed by atoms with Gasteiger partial charge in [-0.25, -0.2) is 4.39 Å². The maximum Gasteiger partial charge on any atom is 0.417 e. The number of hydrogen-bond acceptors (Lipinski definition) is 5. The first-order chi connectivity index (χ1) is 15.7. The summed E-state index contributed by atoms with van der Waals surface area (Å²) in [6.45, 7) is 2.98. The molecule has 180 valence electrons. The molecule has 1 fully saturated rings. The Kier molecular flexibility index (Phi) is 6.40. The summed E-state index contributed by atoms with van der Waals surface area (Å²) >= 11 is 5.43. The number of ether oxygens (including phenoxy) is 1. The maximum atomic E-state index is 14.6. The van der Waals surface area contributed by atoms with Crippen molar-refractivity contribution in [2.24, 2.45) is 0 Å². The molecule has 2 aromatic carbocycles. The zero-order valence-electron chi connectivity index (χ0n) is 18.5. The highest BCUT2D eigenvalue weighted by atomic mass is 32.1. The average Bonchev–Trinajstić information content (AvgIpc) is 2.95. The Morgan fingerprint density at radius 2 is 1.71 bits per heavy atom. The van der Waals surface area contributed by atoms with E-state index in [4.69, 9.17) is 17.6 Å². The Bertz CT molecular complexity index is 1210. The molecule has 0 aromatic heterocycles. The van der Waals surface area contributed by atoms with Gasteiger partial charge in [0.2, 0.25) is 5.90 Å². The maximum absolute atomic E-state index is 14.6. The number of thiocarbonyl (C=S) groups is 1. The lowest BCUT2D eigenvalue weighted by Gasteiger charge is -2.29. The molecule has 0 saturated carbocycles. The SMILES string of the molecule is CNC(=O)c1ccc(N2C(=S)N(c3ccc(C(=N)OC)c(C(F)(F)F)c3)C(=O)C2(C)C)cc1F. The molecule has 1 aliphatic rings. The summed E-state index contributed by atoms with van der Waals surface area (Å²) < 4.78 is 60.3. The molecule has 34 heavy (non-hydrogen) atoms. The van der Waals surface area contributed by atoms with E-state index in [0.29, 0.717) is 6.07 Å². The van der Waals surface area contributed by atoms with E-state index in [9.17, 15) is 27.2 Å². The minimum atomic E-state index is -4.84. The number of rotatable bonds is 4. The molecule has 0 aliphatic carbocycles. The second-order valence-electron chi connectivity index (χ2n) is 7.82. The van der Waals surface area contributed by atoms with Crippen molar-refractivity contribution in [1.29, 1.82) is 5.41 Å². The van der Waals surface area contributed by atoms with Crippen LogP contribution in [0.1, 0.15) is 35.3 Å². The Balaban J connectivity index is 2.10. The molecule has 0 bridgehead atoms. The topological polar surface area (TPSA) is 85.7 Å². The van der Waals surface area contributed by atoms with Crippen molar-refractivity contribution < 1.29 is 31.9 Å². The van der Waals surface area contributed by atoms with Crippen molar-refractivity contribution in [2.45, 2.75) is 25.6 Å². The fourth-order valence-corrected chi connectivity index (χ4v) is 4.15. The molecule has 2 N–H and O–H groups in total. The van der Waals surface area contributed by atoms with Gasteiger partial charge in [0.05, 0.1) is 23.9 Å². The molecule has 3 rings (SSSR count). The Hall–Kier alpha value is -3.54. The number of nitrogens with one attached hydrogen (secondary N) is 2. The molecule has 0 radical (unpaired) electrons. The lowest BCUT2D eigenvalue weighted by Crippen LogP contribution is -2.44. The summed E-state index contributed by atoms with van der Waals surface area (Å²) in [7, 11) is 2.42. The minimum Gasteiger partial charge on any atom is -0.481 e. The van der Waals surface area contributed by atoms with Gasteiger partial charge >= 0.3 is 6.18 Å². The fourth-order valence-electron chi connectivity index (χ4n) is 3.63. The number of amides is 2. The number of hydrogen-bond donors (Lipinski definition) is 2. The summed E-state index contributed by atoms with van der Waals surface area (Å²) in [4.78, 5) is 27.3. The molecule has 12 heteroatoms. The van der Waals surface area contributed by atoms with Gasteiger partial charge in [0.25, 0.3) is 11.8 Å². The van der Waals surface area contributed by atoms with E-state index in [0.717, 1.165) is 24.1 Å². The van der Waals surface area contributed by atoms with Crippen LogP contribution >= 0.6 is 12.2 Å². The summed E-state index contributed by atoms with van der Waals surface area (Å²) in [6.07, 6.45) is -4.84. The van der Waals surface area contributed by atoms with Gasteiger partial charge in [-0.3, -0.25) is 19.9 Å². The first-order valence-electron chi connectivity index (χ1n) is 9.80. The molecule has 2 aromatic rings. The van der Waals surface area contributed by atoms with Crippen molar-refractivity contribution >= 4 is 46.4 Å². The molecule has 2 amide bonds. The Morgan fingerprint density at radius 3 is 2.24 bits per heavy atom. The summed E-state index contributed by atoms with van der Waals surface area (Å²) in [5, 5.41) is 9.78. The number of carbonyl (C=O) groups excluding carboxylic acids is 2. The summed E-state index contributed by atoms with van der Waals surface area (Å²) in [5.41, 5.74) is -3.31. The van der Waals surface area contributed by atoms with Crippen LogP contribution < -0.4 is 15.1 Å². The number of alkyl halides is 3. The van der Waals surface area contributed by atoms with Gasteiger partial charge in [-0.1, -0.05) is 0 Å². The van der Waals surface area contributed by atoms with Crippen LogP contribution in [0.4, 0.5) is 28.9 Å². The molecular formula is C22H20F4N4O3S. The number of halogens is 4. The van der Waals surface area contributed by atoms with Crippen LogP contribution in [0.5, 0.6) is 0 Å². The highest BCUT2D eigenvalue weighted by Crippen LogP contribution is 2.40. The Morgan fingerprint density at radius 1 is 1.12 bits per heavy atom. The predicted octanol–water partition coefficient (Wildman–Crippen LogP) is 4.09. The second kappa shape index (κ2) is 8.67. The van der Waals surface area contributed by atoms with E-state index >= 15 is 0 Å². The molecule has 7 nitrogen and oxygen atoms in total. The third-order valence-electron chi connectivity index (χ3n) is 5.37. The van der Waals surface area contributed by atoms with Crippen molar-refractivity contribution in [3.05, 3.63) is 58.9 Å². The first-order valence-corrected chi connectivity index (χ1v) is 10.2. The van der Waals surface area contributed by atoms with Gasteiger partial charge in [-0.05, 0) is 62.5 Å². The zero-order chi connectivity index (χ0) is 25.6. The van der Waals surface area contributed by atoms with E-state index in [1.807, 2.05) is 0 Å². The van der Waals surface area contributed by atoms with Gasteiger partial charge in [0, 0.05) is 18.3 Å². The molecule has 0 unspecified atom stereocenters. The standard InChI is InChI=1S/C22H20F4N4O3S/c1-21(2)19(32)29(11-5-7-13(17(27)33-4)15(9-11)22(24,25)26)20(34)30(21)12-6-8-14(16(23)10-12)18(31)28-3/h5-10,27H,1-4H3,(H,28,31). The van der Waals surface area contributed by atoms with Gasteiger partial charge in [-0.15, -0.1) is 0 Å². The Labute approximate surface area is 197 Å². The largest absolute Gasteiger partial charge is 0.481 e. The quantitative estimate of drug-likeness (QED) is 0.288. The number of methoxy groups -OCH3 is 1. The van der Waals surface area contributed by atoms with Crippen LogP contribution in [-0.2, 0) is 15.7 Å². The smallest absolute Gasteiger partial charge is 0.417 e. The third-order valence-corrected chi connectivity index (χ3v) is 5.73. The van der Waals surface area contributed by atoms with Crippen LogP contribution in [0.2, 0.25) is 0 Å². The van der Waals surface area contributed by atoms with Crippen LogP contribution in [0, 0.1) is 11.2 Å². The monoisotopic (exact) mass is 496 g/mol. The van der Waals surface area contributed by atoms with Crippen LogP contribution in [0.25, 0.3) is 0 Å². The molecule has 1 aliphatic heterocycles. The second-order valence-corrected chi connectivity index (χ2v) is 8.19. The van der Waals surface area contributed by atoms with E-state index < -0.39 is 46.4 Å². The van der Waals surface area contributed by atoms with E-state index in [1.54, 1.807) is 0 Å². The van der Waals surface area contributed by atoms with Gasteiger partial charge < -0.3 is 15.0 Å². The van der Waals surface area contributed by atoms with Gasteiger partial charge in [0.1, 0.15) is 11.4 Å². The van der Waals surface area contributed by atoms with Crippen molar-refractivity contribution in [2.75, 3.05) is 24.0 Å². The molecule has 1 heterocycles. The normalized spacial score (nSPS) is 15.5. The lowest BCUT2D eigenvalue weighted by atomic mass is 10.0. The zero-order valence-corrected chi connectivity index (χ0v) is 19.3. The number of benzene rings is 2. The van der Waals surface area contributed by atoms with Crippen LogP contribution in [0.15, 0.2) is 36.4 Å². The van der Waals surface area contributed by atoms with E-state index in [2.05, 4.69) is 10.1 Å². The highest BCUT2D eigenvalue weighted by molar-refractivity contribution is 7.81. The van der Waals surface area contributed by atoms with Crippen LogP contribution in [0.3, 0.4) is 0 Å². The molecular weight excluding hydrogens is 476 g/mol. The number of carbonyl (C=O) groups is 2. The summed E-state index contributed by atoms with van der Waals surface area (Å²) in [5.74, 6) is -2.84. The van der Waals surface area contributed by atoms with Crippen LogP contribution in [-0.4, -0.2) is 42.5 Å². The van der Waals surface area contributed by atoms with Crippen molar-refractivity contribution in [3.8, 4) is 0 Å². The molecule has 1 saturated heterocycles. The fraction of sp³-hybridized carbons (Fsp3) is 0.273. The van der Waals surface area contributed by atoms with E-state index in [-0.39, 0.29) is 22.1 Å². The summed E-state index contributed by atoms with van der Waals surface area (Å²) in [6, 6.07) is 6.59. The third kappa shape index (κ3) is 4.09. The van der Waals surface area contributed by atoms with Gasteiger partial charge in [-0.2, -0.15) is 13.2 Å². The lowest BCUT2D eigenvalue weighted by molar-refractivity contribution is -0.137. The minimum absolute atomic E-state index is 0.143.